The molecule has 1 atom stereocenters. The molecule has 0 bridgehead atoms. The number of aromatic nitrogens is 2. The van der Waals surface area contributed by atoms with E-state index in [4.69, 9.17) is 4.74 Å². The van der Waals surface area contributed by atoms with Gasteiger partial charge in [0.05, 0.1) is 17.8 Å². The molecule has 0 saturated heterocycles. The molecule has 0 radical (unpaired) electrons. The highest BCUT2D eigenvalue weighted by molar-refractivity contribution is 5.39. The SMILES string of the molecule is CCNC(c1ccncn1)c1ccccc1OC(C)C. The monoisotopic (exact) mass is 271 g/mol. The van der Waals surface area contributed by atoms with Crippen LogP contribution in [0.1, 0.15) is 38.1 Å². The van der Waals surface area contributed by atoms with Gasteiger partial charge in [-0.1, -0.05) is 25.1 Å². The summed E-state index contributed by atoms with van der Waals surface area (Å²) >= 11 is 0. The van der Waals surface area contributed by atoms with Gasteiger partial charge in [-0.25, -0.2) is 9.97 Å². The van der Waals surface area contributed by atoms with E-state index in [1.54, 1.807) is 12.5 Å². The summed E-state index contributed by atoms with van der Waals surface area (Å²) < 4.78 is 5.91. The number of hydrogen-bond donors (Lipinski definition) is 1. The predicted octanol–water partition coefficient (Wildman–Crippen LogP) is 2.96. The van der Waals surface area contributed by atoms with E-state index in [2.05, 4.69) is 28.3 Å². The van der Waals surface area contributed by atoms with Gasteiger partial charge in [0, 0.05) is 11.8 Å². The fraction of sp³-hybridized carbons (Fsp3) is 0.375. The highest BCUT2D eigenvalue weighted by Gasteiger charge is 2.18. The quantitative estimate of drug-likeness (QED) is 0.877. The maximum absolute atomic E-state index is 5.91. The Balaban J connectivity index is 2.39. The summed E-state index contributed by atoms with van der Waals surface area (Å²) in [7, 11) is 0. The summed E-state index contributed by atoms with van der Waals surface area (Å²) in [5, 5.41) is 3.46. The van der Waals surface area contributed by atoms with Gasteiger partial charge in [-0.2, -0.15) is 0 Å². The molecule has 0 spiro atoms. The van der Waals surface area contributed by atoms with E-state index < -0.39 is 0 Å². The first-order valence-electron chi connectivity index (χ1n) is 6.97. The zero-order valence-corrected chi connectivity index (χ0v) is 12.2. The minimum Gasteiger partial charge on any atom is -0.491 e. The van der Waals surface area contributed by atoms with E-state index in [0.29, 0.717) is 0 Å². The van der Waals surface area contributed by atoms with Crippen LogP contribution in [0.5, 0.6) is 5.75 Å². The minimum atomic E-state index is 0.0120. The Morgan fingerprint density at radius 2 is 2.00 bits per heavy atom. The number of para-hydroxylation sites is 1. The van der Waals surface area contributed by atoms with Crippen LogP contribution < -0.4 is 10.1 Å². The molecule has 1 N–H and O–H groups in total. The minimum absolute atomic E-state index is 0.0120. The van der Waals surface area contributed by atoms with Gasteiger partial charge in [-0.05, 0) is 32.5 Å². The maximum atomic E-state index is 5.91. The van der Waals surface area contributed by atoms with Gasteiger partial charge in [-0.15, -0.1) is 0 Å². The topological polar surface area (TPSA) is 47.0 Å². The van der Waals surface area contributed by atoms with Crippen LogP contribution in [0.15, 0.2) is 42.9 Å². The molecule has 0 amide bonds. The molecule has 1 heterocycles. The molecule has 1 aromatic heterocycles. The molecule has 4 nitrogen and oxygen atoms in total. The van der Waals surface area contributed by atoms with Gasteiger partial charge in [-0.3, -0.25) is 0 Å². The molecule has 0 aliphatic heterocycles. The van der Waals surface area contributed by atoms with Crippen molar-refractivity contribution in [1.82, 2.24) is 15.3 Å². The third kappa shape index (κ3) is 3.54. The van der Waals surface area contributed by atoms with Crippen LogP contribution in [0.2, 0.25) is 0 Å². The van der Waals surface area contributed by atoms with Crippen LogP contribution in [0, 0.1) is 0 Å². The number of hydrogen-bond acceptors (Lipinski definition) is 4. The molecule has 0 aliphatic rings. The lowest BCUT2D eigenvalue weighted by molar-refractivity contribution is 0.238. The van der Waals surface area contributed by atoms with Crippen molar-refractivity contribution in [2.24, 2.45) is 0 Å². The number of rotatable bonds is 6. The zero-order chi connectivity index (χ0) is 14.4. The maximum Gasteiger partial charge on any atom is 0.124 e. The third-order valence-electron chi connectivity index (χ3n) is 2.90. The first kappa shape index (κ1) is 14.5. The van der Waals surface area contributed by atoms with Crippen molar-refractivity contribution < 1.29 is 4.74 Å². The fourth-order valence-electron chi connectivity index (χ4n) is 2.13. The molecule has 1 aromatic carbocycles. The molecule has 0 aliphatic carbocycles. The van der Waals surface area contributed by atoms with Crippen LogP contribution >= 0.6 is 0 Å². The molecule has 2 rings (SSSR count). The summed E-state index contributed by atoms with van der Waals surface area (Å²) in [6.07, 6.45) is 3.48. The molecule has 4 heteroatoms. The van der Waals surface area contributed by atoms with Gasteiger partial charge in [0.2, 0.25) is 0 Å². The second kappa shape index (κ2) is 7.01. The Morgan fingerprint density at radius 3 is 2.65 bits per heavy atom. The zero-order valence-electron chi connectivity index (χ0n) is 12.2. The molecular weight excluding hydrogens is 250 g/mol. The molecule has 2 aromatic rings. The van der Waals surface area contributed by atoms with Crippen molar-refractivity contribution in [1.29, 1.82) is 0 Å². The largest absolute Gasteiger partial charge is 0.491 e. The molecule has 0 saturated carbocycles. The molecular formula is C16H21N3O. The Kier molecular flexibility index (Phi) is 5.07. The molecule has 106 valence electrons. The first-order chi connectivity index (χ1) is 9.72. The lowest BCUT2D eigenvalue weighted by atomic mass is 10.0. The molecule has 0 fully saturated rings. The first-order valence-corrected chi connectivity index (χ1v) is 6.97. The average Bonchev–Trinajstić information content (AvgIpc) is 2.46. The lowest BCUT2D eigenvalue weighted by Gasteiger charge is -2.22. The lowest BCUT2D eigenvalue weighted by Crippen LogP contribution is -2.24. The summed E-state index contributed by atoms with van der Waals surface area (Å²) in [6, 6.07) is 10.0. The van der Waals surface area contributed by atoms with Crippen molar-refractivity contribution in [3.63, 3.8) is 0 Å². The van der Waals surface area contributed by atoms with Crippen LogP contribution in [0.4, 0.5) is 0 Å². The van der Waals surface area contributed by atoms with E-state index in [0.717, 1.165) is 23.6 Å². The Hall–Kier alpha value is -1.94. The predicted molar refractivity (Wildman–Crippen MR) is 79.8 cm³/mol. The van der Waals surface area contributed by atoms with E-state index in [1.807, 2.05) is 38.1 Å². The number of nitrogens with zero attached hydrogens (tertiary/aromatic N) is 2. The summed E-state index contributed by atoms with van der Waals surface area (Å²) in [6.45, 7) is 7.00. The van der Waals surface area contributed by atoms with Crippen LogP contribution in [-0.4, -0.2) is 22.6 Å². The summed E-state index contributed by atoms with van der Waals surface area (Å²) in [5.74, 6) is 0.895. The highest BCUT2D eigenvalue weighted by atomic mass is 16.5. The van der Waals surface area contributed by atoms with Gasteiger partial charge in [0.25, 0.3) is 0 Å². The fourth-order valence-corrected chi connectivity index (χ4v) is 2.13. The van der Waals surface area contributed by atoms with Crippen molar-refractivity contribution >= 4 is 0 Å². The summed E-state index contributed by atoms with van der Waals surface area (Å²) in [5.41, 5.74) is 2.04. The van der Waals surface area contributed by atoms with Crippen LogP contribution in [0.3, 0.4) is 0 Å². The van der Waals surface area contributed by atoms with Gasteiger partial charge in [0.15, 0.2) is 0 Å². The van der Waals surface area contributed by atoms with E-state index in [9.17, 15) is 0 Å². The number of benzene rings is 1. The Bertz CT molecular complexity index is 528. The van der Waals surface area contributed by atoms with E-state index in [-0.39, 0.29) is 12.1 Å². The van der Waals surface area contributed by atoms with Gasteiger partial charge in [0.1, 0.15) is 12.1 Å². The number of ether oxygens (including phenoxy) is 1. The summed E-state index contributed by atoms with van der Waals surface area (Å²) in [4.78, 5) is 8.35. The van der Waals surface area contributed by atoms with Crippen molar-refractivity contribution in [2.45, 2.75) is 32.9 Å². The van der Waals surface area contributed by atoms with Crippen LogP contribution in [0.25, 0.3) is 0 Å². The second-order valence-corrected chi connectivity index (χ2v) is 4.83. The number of nitrogens with one attached hydrogen (secondary N) is 1. The van der Waals surface area contributed by atoms with Crippen LogP contribution in [-0.2, 0) is 0 Å². The standard InChI is InChI=1S/C16H21N3O/c1-4-18-16(14-9-10-17-11-19-14)13-7-5-6-8-15(13)20-12(2)3/h5-12,16,18H,4H2,1-3H3. The normalized spacial score (nSPS) is 12.4. The van der Waals surface area contributed by atoms with Crippen molar-refractivity contribution in [2.75, 3.05) is 6.54 Å². The van der Waals surface area contributed by atoms with Gasteiger partial charge >= 0.3 is 0 Å². The van der Waals surface area contributed by atoms with Crippen molar-refractivity contribution in [3.05, 3.63) is 54.1 Å². The van der Waals surface area contributed by atoms with E-state index >= 15 is 0 Å². The average molecular weight is 271 g/mol. The third-order valence-corrected chi connectivity index (χ3v) is 2.90. The molecule has 1 unspecified atom stereocenters. The molecule has 20 heavy (non-hydrogen) atoms. The van der Waals surface area contributed by atoms with Crippen molar-refractivity contribution in [3.8, 4) is 5.75 Å². The second-order valence-electron chi connectivity index (χ2n) is 4.83. The highest BCUT2D eigenvalue weighted by Crippen LogP contribution is 2.29. The smallest absolute Gasteiger partial charge is 0.124 e. The Labute approximate surface area is 120 Å². The van der Waals surface area contributed by atoms with E-state index in [1.165, 1.54) is 0 Å². The Morgan fingerprint density at radius 1 is 1.20 bits per heavy atom. The van der Waals surface area contributed by atoms with Gasteiger partial charge < -0.3 is 10.1 Å².